The van der Waals surface area contributed by atoms with E-state index in [0.717, 1.165) is 31.5 Å². The molecule has 172 valence electrons. The van der Waals surface area contributed by atoms with Gasteiger partial charge in [-0.05, 0) is 37.1 Å². The van der Waals surface area contributed by atoms with Gasteiger partial charge < -0.3 is 24.1 Å². The minimum atomic E-state index is -0.699. The summed E-state index contributed by atoms with van der Waals surface area (Å²) in [7, 11) is 3.09. The van der Waals surface area contributed by atoms with Crippen molar-refractivity contribution < 1.29 is 28.6 Å². The number of ketones is 1. The molecule has 0 bridgehead atoms. The lowest BCUT2D eigenvalue weighted by molar-refractivity contribution is 0.0469. The molecule has 2 aromatic heterocycles. The molecule has 4 rings (SSSR count). The van der Waals surface area contributed by atoms with Crippen molar-refractivity contribution in [2.75, 3.05) is 33.9 Å². The highest BCUT2D eigenvalue weighted by atomic mass is 32.1. The highest BCUT2D eigenvalue weighted by molar-refractivity contribution is 7.13. The van der Waals surface area contributed by atoms with Gasteiger partial charge in [0.15, 0.2) is 23.8 Å². The highest BCUT2D eigenvalue weighted by Gasteiger charge is 2.22. The Morgan fingerprint density at radius 1 is 1.09 bits per heavy atom. The van der Waals surface area contributed by atoms with E-state index in [-0.39, 0.29) is 17.2 Å². The lowest BCUT2D eigenvalue weighted by Crippen LogP contribution is -2.27. The summed E-state index contributed by atoms with van der Waals surface area (Å²) in [5.74, 6) is -0.0978. The molecular formula is C23H23N3O6S. The molecule has 1 N–H and O–H groups in total. The molecule has 0 radical (unpaired) electrons. The second kappa shape index (κ2) is 9.86. The Bertz CT molecular complexity index is 1180. The molecule has 9 nitrogen and oxygen atoms in total. The summed E-state index contributed by atoms with van der Waals surface area (Å²) >= 11 is 1.27. The van der Waals surface area contributed by atoms with Crippen molar-refractivity contribution >= 4 is 29.0 Å². The molecule has 0 aliphatic carbocycles. The number of aromatic amines is 1. The first-order valence-corrected chi connectivity index (χ1v) is 11.2. The molecule has 33 heavy (non-hydrogen) atoms. The summed E-state index contributed by atoms with van der Waals surface area (Å²) < 4.78 is 15.7. The number of amides is 1. The quantitative estimate of drug-likeness (QED) is 0.397. The first-order chi connectivity index (χ1) is 16.0. The molecule has 10 heteroatoms. The average molecular weight is 470 g/mol. The smallest absolute Gasteiger partial charge is 0.358 e. The Kier molecular flexibility index (Phi) is 6.74. The Morgan fingerprint density at radius 3 is 2.58 bits per heavy atom. The number of likely N-dealkylation sites (tertiary alicyclic amines) is 1. The average Bonchev–Trinajstić information content (AvgIpc) is 3.63. The lowest BCUT2D eigenvalue weighted by Gasteiger charge is -2.13. The van der Waals surface area contributed by atoms with Crippen LogP contribution in [0.4, 0.5) is 0 Å². The number of nitrogens with zero attached hydrogens (tertiary/aromatic N) is 2. The van der Waals surface area contributed by atoms with E-state index in [1.54, 1.807) is 36.6 Å². The third kappa shape index (κ3) is 4.90. The van der Waals surface area contributed by atoms with Gasteiger partial charge in [-0.15, -0.1) is 11.3 Å². The van der Waals surface area contributed by atoms with E-state index in [4.69, 9.17) is 14.2 Å². The van der Waals surface area contributed by atoms with Gasteiger partial charge in [-0.1, -0.05) is 0 Å². The third-order valence-electron chi connectivity index (χ3n) is 5.31. The summed E-state index contributed by atoms with van der Waals surface area (Å²) in [6.45, 7) is 0.993. The number of rotatable bonds is 8. The maximum absolute atomic E-state index is 12.4. The summed E-state index contributed by atoms with van der Waals surface area (Å²) in [5, 5.41) is 2.17. The van der Waals surface area contributed by atoms with Crippen LogP contribution in [0.5, 0.6) is 11.5 Å². The van der Waals surface area contributed by atoms with E-state index >= 15 is 0 Å². The van der Waals surface area contributed by atoms with E-state index in [1.807, 2.05) is 6.07 Å². The van der Waals surface area contributed by atoms with Gasteiger partial charge in [-0.3, -0.25) is 9.59 Å². The minimum Gasteiger partial charge on any atom is -0.493 e. The van der Waals surface area contributed by atoms with Gasteiger partial charge in [0.1, 0.15) is 10.7 Å². The van der Waals surface area contributed by atoms with Crippen LogP contribution in [0.1, 0.15) is 44.2 Å². The van der Waals surface area contributed by atoms with Gasteiger partial charge in [-0.25, -0.2) is 9.78 Å². The lowest BCUT2D eigenvalue weighted by atomic mass is 10.2. The maximum Gasteiger partial charge on any atom is 0.358 e. The van der Waals surface area contributed by atoms with E-state index < -0.39 is 18.4 Å². The predicted octanol–water partition coefficient (Wildman–Crippen LogP) is 3.43. The minimum absolute atomic E-state index is 0.108. The zero-order valence-electron chi connectivity index (χ0n) is 18.3. The number of esters is 1. The van der Waals surface area contributed by atoms with Gasteiger partial charge in [0.2, 0.25) is 5.78 Å². The number of carbonyl (C=O) groups is 3. The van der Waals surface area contributed by atoms with Crippen LogP contribution in [-0.4, -0.2) is 66.4 Å². The molecule has 1 amide bonds. The third-order valence-corrected chi connectivity index (χ3v) is 6.20. The standard InChI is InChI=1S/C23H23N3O6S/c1-30-19-6-5-14(10-20(19)31-2)21-25-17(13-33-21)23(29)32-12-18(27)15-9-16(24-11-15)22(28)26-7-3-4-8-26/h5-6,9-11,13,24H,3-4,7-8,12H2,1-2H3. The van der Waals surface area contributed by atoms with Gasteiger partial charge in [0, 0.05) is 35.8 Å². The Morgan fingerprint density at radius 2 is 1.85 bits per heavy atom. The molecule has 0 spiro atoms. The number of benzene rings is 1. The van der Waals surface area contributed by atoms with Crippen LogP contribution >= 0.6 is 11.3 Å². The number of methoxy groups -OCH3 is 2. The fourth-order valence-electron chi connectivity index (χ4n) is 3.53. The van der Waals surface area contributed by atoms with E-state index in [9.17, 15) is 14.4 Å². The predicted molar refractivity (Wildman–Crippen MR) is 121 cm³/mol. The number of ether oxygens (including phenoxy) is 3. The number of H-pyrrole nitrogens is 1. The fourth-order valence-corrected chi connectivity index (χ4v) is 4.31. The Balaban J connectivity index is 1.36. The number of thiazole rings is 1. The summed E-state index contributed by atoms with van der Waals surface area (Å²) in [5.41, 5.74) is 1.51. The molecule has 1 aliphatic heterocycles. The number of carbonyl (C=O) groups excluding carboxylic acids is 3. The number of hydrogen-bond acceptors (Lipinski definition) is 8. The van der Waals surface area contributed by atoms with Crippen LogP contribution in [0.15, 0.2) is 35.8 Å². The Labute approximate surface area is 194 Å². The largest absolute Gasteiger partial charge is 0.493 e. The van der Waals surface area contributed by atoms with Gasteiger partial charge >= 0.3 is 5.97 Å². The van der Waals surface area contributed by atoms with Gasteiger partial charge in [0.05, 0.1) is 14.2 Å². The second-order valence-corrected chi connectivity index (χ2v) is 8.27. The number of Topliss-reactive ketones (excluding diaryl/α,β-unsaturated/α-hetero) is 1. The number of hydrogen-bond donors (Lipinski definition) is 1. The molecule has 0 unspecified atom stereocenters. The highest BCUT2D eigenvalue weighted by Crippen LogP contribution is 2.33. The number of aromatic nitrogens is 2. The van der Waals surface area contributed by atoms with Crippen molar-refractivity contribution in [3.63, 3.8) is 0 Å². The van der Waals surface area contributed by atoms with Crippen molar-refractivity contribution in [3.05, 3.63) is 52.8 Å². The number of nitrogens with one attached hydrogen (secondary N) is 1. The van der Waals surface area contributed by atoms with Crippen LogP contribution in [0.2, 0.25) is 0 Å². The zero-order chi connectivity index (χ0) is 23.4. The summed E-state index contributed by atoms with van der Waals surface area (Å²) in [6.07, 6.45) is 3.43. The fraction of sp³-hybridized carbons (Fsp3) is 0.304. The normalized spacial score (nSPS) is 13.1. The van der Waals surface area contributed by atoms with Crippen molar-refractivity contribution in [1.29, 1.82) is 0 Å². The van der Waals surface area contributed by atoms with Crippen LogP contribution in [-0.2, 0) is 4.74 Å². The first kappa shape index (κ1) is 22.5. The zero-order valence-corrected chi connectivity index (χ0v) is 19.1. The van der Waals surface area contributed by atoms with Crippen LogP contribution in [0.25, 0.3) is 10.6 Å². The van der Waals surface area contributed by atoms with Crippen LogP contribution in [0.3, 0.4) is 0 Å². The summed E-state index contributed by atoms with van der Waals surface area (Å²) in [6, 6.07) is 6.83. The van der Waals surface area contributed by atoms with Gasteiger partial charge in [0.25, 0.3) is 5.91 Å². The van der Waals surface area contributed by atoms with E-state index in [0.29, 0.717) is 22.2 Å². The van der Waals surface area contributed by atoms with Crippen molar-refractivity contribution in [3.8, 4) is 22.1 Å². The topological polar surface area (TPSA) is 111 Å². The molecule has 1 aromatic carbocycles. The second-order valence-electron chi connectivity index (χ2n) is 7.41. The molecule has 0 saturated carbocycles. The van der Waals surface area contributed by atoms with E-state index in [1.165, 1.54) is 23.6 Å². The maximum atomic E-state index is 12.4. The molecular weight excluding hydrogens is 446 g/mol. The Hall–Kier alpha value is -3.66. The van der Waals surface area contributed by atoms with Crippen LogP contribution in [0, 0.1) is 0 Å². The van der Waals surface area contributed by atoms with Crippen molar-refractivity contribution in [1.82, 2.24) is 14.9 Å². The summed E-state index contributed by atoms with van der Waals surface area (Å²) in [4.78, 5) is 46.1. The molecule has 1 aliphatic rings. The SMILES string of the molecule is COc1ccc(-c2nc(C(=O)OCC(=O)c3c[nH]c(C(=O)N4CCCC4)c3)cs2)cc1OC. The monoisotopic (exact) mass is 469 g/mol. The molecule has 1 fully saturated rings. The van der Waals surface area contributed by atoms with E-state index in [2.05, 4.69) is 9.97 Å². The van der Waals surface area contributed by atoms with Crippen molar-refractivity contribution in [2.45, 2.75) is 12.8 Å². The first-order valence-electron chi connectivity index (χ1n) is 10.4. The van der Waals surface area contributed by atoms with Crippen LogP contribution < -0.4 is 9.47 Å². The molecule has 0 atom stereocenters. The molecule has 3 heterocycles. The molecule has 3 aromatic rings. The van der Waals surface area contributed by atoms with Gasteiger partial charge in [-0.2, -0.15) is 0 Å². The van der Waals surface area contributed by atoms with Crippen molar-refractivity contribution in [2.24, 2.45) is 0 Å². The molecule has 1 saturated heterocycles.